The number of carbonyl (C=O) groups is 2. The average Bonchev–Trinajstić information content (AvgIpc) is 2.98. The lowest BCUT2D eigenvalue weighted by Crippen LogP contribution is -2.23. The standard InChI is InChI=1S/C22H24N2O4S/c1-5-28-21(26)13-24-18-9-14(2)15(3)10-19(18)29-22(24)23-20(25)12-16-7-6-8-17(11-16)27-4/h6-11H,5,12-13H2,1-4H3. The first-order valence-electron chi connectivity index (χ1n) is 9.38. The summed E-state index contributed by atoms with van der Waals surface area (Å²) in [7, 11) is 1.59. The molecular formula is C22H24N2O4S. The van der Waals surface area contributed by atoms with E-state index in [0.717, 1.165) is 26.9 Å². The molecule has 0 bridgehead atoms. The highest BCUT2D eigenvalue weighted by Gasteiger charge is 2.13. The highest BCUT2D eigenvalue weighted by Crippen LogP contribution is 2.22. The number of fused-ring (bicyclic) bond motifs is 1. The number of carbonyl (C=O) groups excluding carboxylic acids is 2. The average molecular weight is 413 g/mol. The summed E-state index contributed by atoms with van der Waals surface area (Å²) in [4.78, 5) is 29.6. The number of hydrogen-bond acceptors (Lipinski definition) is 5. The number of rotatable bonds is 6. The van der Waals surface area contributed by atoms with Crippen molar-refractivity contribution in [3.8, 4) is 5.75 Å². The van der Waals surface area contributed by atoms with Gasteiger partial charge in [-0.2, -0.15) is 4.99 Å². The Balaban J connectivity index is 2.01. The molecule has 0 aliphatic heterocycles. The van der Waals surface area contributed by atoms with E-state index in [4.69, 9.17) is 9.47 Å². The van der Waals surface area contributed by atoms with Gasteiger partial charge in [0, 0.05) is 0 Å². The number of esters is 1. The Morgan fingerprint density at radius 3 is 2.62 bits per heavy atom. The van der Waals surface area contributed by atoms with Gasteiger partial charge in [0.15, 0.2) is 4.80 Å². The fraction of sp³-hybridized carbons (Fsp3) is 0.318. The van der Waals surface area contributed by atoms with E-state index in [1.165, 1.54) is 11.3 Å². The number of methoxy groups -OCH3 is 1. The molecule has 0 saturated heterocycles. The topological polar surface area (TPSA) is 69.9 Å². The molecule has 3 aromatic rings. The van der Waals surface area contributed by atoms with E-state index in [9.17, 15) is 9.59 Å². The number of hydrogen-bond donors (Lipinski definition) is 0. The van der Waals surface area contributed by atoms with Crippen LogP contribution in [0.1, 0.15) is 23.6 Å². The van der Waals surface area contributed by atoms with Crippen molar-refractivity contribution in [3.63, 3.8) is 0 Å². The van der Waals surface area contributed by atoms with Crippen LogP contribution in [-0.4, -0.2) is 30.2 Å². The Morgan fingerprint density at radius 1 is 1.14 bits per heavy atom. The van der Waals surface area contributed by atoms with E-state index in [2.05, 4.69) is 11.1 Å². The second-order valence-corrected chi connectivity index (χ2v) is 7.72. The SMILES string of the molecule is CCOC(=O)Cn1c(=NC(=O)Cc2cccc(OC)c2)sc2cc(C)c(C)cc21. The Morgan fingerprint density at radius 2 is 1.90 bits per heavy atom. The maximum Gasteiger partial charge on any atom is 0.326 e. The molecule has 0 saturated carbocycles. The lowest BCUT2D eigenvalue weighted by atomic mass is 10.1. The minimum atomic E-state index is -0.355. The van der Waals surface area contributed by atoms with Crippen LogP contribution in [-0.2, 0) is 27.3 Å². The highest BCUT2D eigenvalue weighted by atomic mass is 32.1. The van der Waals surface area contributed by atoms with Crippen molar-refractivity contribution in [2.45, 2.75) is 33.7 Å². The van der Waals surface area contributed by atoms with Crippen molar-refractivity contribution in [2.24, 2.45) is 4.99 Å². The van der Waals surface area contributed by atoms with Crippen LogP contribution in [0.5, 0.6) is 5.75 Å². The Labute approximate surface area is 173 Å². The summed E-state index contributed by atoms with van der Waals surface area (Å²) in [5.74, 6) is 0.0588. The van der Waals surface area contributed by atoms with Crippen LogP contribution in [0.15, 0.2) is 41.4 Å². The molecule has 0 aliphatic carbocycles. The largest absolute Gasteiger partial charge is 0.497 e. The minimum absolute atomic E-state index is 0.0155. The van der Waals surface area contributed by atoms with Gasteiger partial charge in [-0.3, -0.25) is 9.59 Å². The number of thiazole rings is 1. The fourth-order valence-corrected chi connectivity index (χ4v) is 4.13. The van der Waals surface area contributed by atoms with Gasteiger partial charge in [0.05, 0.1) is 30.4 Å². The normalized spacial score (nSPS) is 11.7. The lowest BCUT2D eigenvalue weighted by Gasteiger charge is -2.06. The smallest absolute Gasteiger partial charge is 0.326 e. The Hall–Kier alpha value is -2.93. The number of aryl methyl sites for hydroxylation is 2. The van der Waals surface area contributed by atoms with Crippen molar-refractivity contribution in [2.75, 3.05) is 13.7 Å². The Kier molecular flexibility index (Phi) is 6.49. The van der Waals surface area contributed by atoms with Gasteiger partial charge >= 0.3 is 5.97 Å². The van der Waals surface area contributed by atoms with Crippen LogP contribution in [0, 0.1) is 13.8 Å². The predicted octanol–water partition coefficient (Wildman–Crippen LogP) is 3.56. The summed E-state index contributed by atoms with van der Waals surface area (Å²) in [6.45, 7) is 6.15. The summed E-state index contributed by atoms with van der Waals surface area (Å²) in [5, 5.41) is 0. The van der Waals surface area contributed by atoms with E-state index >= 15 is 0 Å². The number of amides is 1. The zero-order valence-electron chi connectivity index (χ0n) is 17.0. The van der Waals surface area contributed by atoms with E-state index in [-0.39, 0.29) is 24.8 Å². The molecule has 0 unspecified atom stereocenters. The quantitative estimate of drug-likeness (QED) is 0.581. The van der Waals surface area contributed by atoms with E-state index in [0.29, 0.717) is 17.2 Å². The number of aromatic nitrogens is 1. The van der Waals surface area contributed by atoms with Gasteiger partial charge in [-0.05, 0) is 61.7 Å². The third-order valence-corrected chi connectivity index (χ3v) is 5.64. The van der Waals surface area contributed by atoms with Gasteiger partial charge in [-0.15, -0.1) is 0 Å². The monoisotopic (exact) mass is 412 g/mol. The molecule has 0 N–H and O–H groups in total. The first-order chi connectivity index (χ1) is 13.9. The summed E-state index contributed by atoms with van der Waals surface area (Å²) in [5.41, 5.74) is 3.96. The summed E-state index contributed by atoms with van der Waals surface area (Å²) in [6, 6.07) is 11.4. The summed E-state index contributed by atoms with van der Waals surface area (Å²) in [6.07, 6.45) is 0.156. The van der Waals surface area contributed by atoms with Gasteiger partial charge in [-0.1, -0.05) is 23.5 Å². The number of ether oxygens (including phenoxy) is 2. The summed E-state index contributed by atoms with van der Waals surface area (Å²) >= 11 is 1.40. The molecule has 152 valence electrons. The molecule has 1 aromatic heterocycles. The van der Waals surface area contributed by atoms with Crippen molar-refractivity contribution >= 4 is 33.4 Å². The van der Waals surface area contributed by atoms with Gasteiger partial charge < -0.3 is 14.0 Å². The van der Waals surface area contributed by atoms with Crippen LogP contribution in [0.25, 0.3) is 10.2 Å². The van der Waals surface area contributed by atoms with Gasteiger partial charge in [0.25, 0.3) is 5.91 Å². The maximum atomic E-state index is 12.6. The number of nitrogens with zero attached hydrogens (tertiary/aromatic N) is 2. The zero-order chi connectivity index (χ0) is 21.0. The second-order valence-electron chi connectivity index (χ2n) is 6.71. The van der Waals surface area contributed by atoms with Gasteiger partial charge in [0.1, 0.15) is 12.3 Å². The number of benzene rings is 2. The van der Waals surface area contributed by atoms with Crippen LogP contribution < -0.4 is 9.54 Å². The molecule has 3 rings (SSSR count). The predicted molar refractivity (Wildman–Crippen MR) is 113 cm³/mol. The fourth-order valence-electron chi connectivity index (χ4n) is 3.00. The molecule has 0 atom stereocenters. The Bertz CT molecular complexity index is 1130. The van der Waals surface area contributed by atoms with E-state index in [1.807, 2.05) is 44.2 Å². The first-order valence-corrected chi connectivity index (χ1v) is 10.2. The minimum Gasteiger partial charge on any atom is -0.497 e. The molecule has 29 heavy (non-hydrogen) atoms. The van der Waals surface area contributed by atoms with E-state index < -0.39 is 0 Å². The van der Waals surface area contributed by atoms with Crippen LogP contribution in [0.2, 0.25) is 0 Å². The molecule has 0 spiro atoms. The molecule has 0 radical (unpaired) electrons. The highest BCUT2D eigenvalue weighted by molar-refractivity contribution is 7.16. The van der Waals surface area contributed by atoms with Gasteiger partial charge in [-0.25, -0.2) is 0 Å². The van der Waals surface area contributed by atoms with Crippen LogP contribution >= 0.6 is 11.3 Å². The van der Waals surface area contributed by atoms with Crippen molar-refractivity contribution in [1.82, 2.24) is 4.57 Å². The molecule has 1 amide bonds. The molecular weight excluding hydrogens is 388 g/mol. The molecule has 2 aromatic carbocycles. The van der Waals surface area contributed by atoms with Crippen molar-refractivity contribution in [3.05, 3.63) is 57.9 Å². The van der Waals surface area contributed by atoms with Crippen molar-refractivity contribution in [1.29, 1.82) is 0 Å². The molecule has 0 aliphatic rings. The summed E-state index contributed by atoms with van der Waals surface area (Å²) < 4.78 is 13.0. The third-order valence-electron chi connectivity index (χ3n) is 4.60. The third kappa shape index (κ3) is 4.92. The van der Waals surface area contributed by atoms with Crippen LogP contribution in [0.3, 0.4) is 0 Å². The molecule has 6 nitrogen and oxygen atoms in total. The molecule has 1 heterocycles. The van der Waals surface area contributed by atoms with Crippen molar-refractivity contribution < 1.29 is 19.1 Å². The second kappa shape index (κ2) is 9.05. The zero-order valence-corrected chi connectivity index (χ0v) is 17.8. The first kappa shape index (κ1) is 20.8. The molecule has 0 fully saturated rings. The lowest BCUT2D eigenvalue weighted by molar-refractivity contribution is -0.143. The van der Waals surface area contributed by atoms with Gasteiger partial charge in [0.2, 0.25) is 0 Å². The maximum absolute atomic E-state index is 12.6. The van der Waals surface area contributed by atoms with Crippen LogP contribution in [0.4, 0.5) is 0 Å². The van der Waals surface area contributed by atoms with E-state index in [1.54, 1.807) is 18.6 Å². The molecule has 7 heteroatoms.